The molecule has 124 valence electrons. The van der Waals surface area contributed by atoms with Crippen LogP contribution in [0.2, 0.25) is 6.55 Å². The highest BCUT2D eigenvalue weighted by molar-refractivity contribution is 6.67. The standard InChI is InChI=1S/C19H28N2OSi/c1-5-22-23(4,20-14-18-12-8-6-10-16(18)2)21-15-19-13-9-7-11-17(19)3/h6-13,20-21H,5,14-15H2,1-4H3. The van der Waals surface area contributed by atoms with Crippen molar-refractivity contribution in [3.05, 3.63) is 70.8 Å². The van der Waals surface area contributed by atoms with Gasteiger partial charge in [0.15, 0.2) is 0 Å². The Morgan fingerprint density at radius 1 is 0.826 bits per heavy atom. The van der Waals surface area contributed by atoms with E-state index in [4.69, 9.17) is 4.43 Å². The maximum atomic E-state index is 6.07. The third kappa shape index (κ3) is 5.29. The fraction of sp³-hybridized carbons (Fsp3) is 0.368. The lowest BCUT2D eigenvalue weighted by Crippen LogP contribution is -2.62. The van der Waals surface area contributed by atoms with E-state index in [1.165, 1.54) is 22.3 Å². The quantitative estimate of drug-likeness (QED) is 0.723. The summed E-state index contributed by atoms with van der Waals surface area (Å²) in [5, 5.41) is 0. The van der Waals surface area contributed by atoms with Crippen molar-refractivity contribution in [1.82, 2.24) is 9.96 Å². The van der Waals surface area contributed by atoms with E-state index in [0.29, 0.717) is 6.61 Å². The van der Waals surface area contributed by atoms with Gasteiger partial charge in [0.05, 0.1) is 0 Å². The molecule has 2 aromatic rings. The molecule has 0 radical (unpaired) electrons. The number of aryl methyl sites for hydroxylation is 2. The van der Waals surface area contributed by atoms with Gasteiger partial charge in [-0.05, 0) is 49.6 Å². The molecule has 0 fully saturated rings. The molecule has 0 saturated carbocycles. The second kappa shape index (κ2) is 8.41. The summed E-state index contributed by atoms with van der Waals surface area (Å²) in [5.74, 6) is 0. The van der Waals surface area contributed by atoms with E-state index in [1.807, 2.05) is 0 Å². The minimum Gasteiger partial charge on any atom is -0.392 e. The Bertz CT molecular complexity index is 581. The Morgan fingerprint density at radius 2 is 1.26 bits per heavy atom. The average Bonchev–Trinajstić information content (AvgIpc) is 2.54. The summed E-state index contributed by atoms with van der Waals surface area (Å²) >= 11 is 0. The highest BCUT2D eigenvalue weighted by atomic mass is 28.4. The van der Waals surface area contributed by atoms with Gasteiger partial charge in [0, 0.05) is 19.7 Å². The van der Waals surface area contributed by atoms with Gasteiger partial charge in [-0.3, -0.25) is 9.96 Å². The van der Waals surface area contributed by atoms with Crippen LogP contribution in [0.15, 0.2) is 48.5 Å². The summed E-state index contributed by atoms with van der Waals surface area (Å²) in [6.07, 6.45) is 0. The lowest BCUT2D eigenvalue weighted by molar-refractivity contribution is 0.302. The molecule has 3 nitrogen and oxygen atoms in total. The molecule has 0 aliphatic rings. The number of nitrogens with one attached hydrogen (secondary N) is 2. The minimum atomic E-state index is -2.16. The van der Waals surface area contributed by atoms with E-state index in [9.17, 15) is 0 Å². The maximum Gasteiger partial charge on any atom is 0.349 e. The molecule has 0 aliphatic carbocycles. The van der Waals surface area contributed by atoms with E-state index < -0.39 is 8.64 Å². The molecule has 0 bridgehead atoms. The first-order valence-corrected chi connectivity index (χ1v) is 10.7. The van der Waals surface area contributed by atoms with Crippen LogP contribution in [0, 0.1) is 13.8 Å². The van der Waals surface area contributed by atoms with E-state index in [2.05, 4.69) is 85.8 Å². The monoisotopic (exact) mass is 328 g/mol. The van der Waals surface area contributed by atoms with Crippen molar-refractivity contribution < 1.29 is 4.43 Å². The lowest BCUT2D eigenvalue weighted by atomic mass is 10.1. The van der Waals surface area contributed by atoms with Gasteiger partial charge < -0.3 is 4.43 Å². The topological polar surface area (TPSA) is 33.3 Å². The molecule has 0 atom stereocenters. The third-order valence-electron chi connectivity index (χ3n) is 4.19. The number of benzene rings is 2. The zero-order valence-corrected chi connectivity index (χ0v) is 15.6. The maximum absolute atomic E-state index is 6.07. The Morgan fingerprint density at radius 3 is 1.65 bits per heavy atom. The molecule has 4 heteroatoms. The normalized spacial score (nSPS) is 11.7. The van der Waals surface area contributed by atoms with Crippen molar-refractivity contribution in [2.45, 2.75) is 40.4 Å². The first-order chi connectivity index (χ1) is 11.0. The summed E-state index contributed by atoms with van der Waals surface area (Å²) in [5.41, 5.74) is 5.27. The van der Waals surface area contributed by atoms with Crippen LogP contribution in [0.5, 0.6) is 0 Å². The van der Waals surface area contributed by atoms with Gasteiger partial charge in [-0.2, -0.15) is 0 Å². The molecule has 0 amide bonds. The van der Waals surface area contributed by atoms with E-state index in [1.54, 1.807) is 0 Å². The van der Waals surface area contributed by atoms with Crippen LogP contribution in [-0.2, 0) is 17.5 Å². The molecule has 2 N–H and O–H groups in total. The van der Waals surface area contributed by atoms with Crippen LogP contribution in [0.25, 0.3) is 0 Å². The van der Waals surface area contributed by atoms with Crippen LogP contribution in [0.4, 0.5) is 0 Å². The van der Waals surface area contributed by atoms with Crippen molar-refractivity contribution >= 4 is 8.64 Å². The zero-order chi connectivity index (χ0) is 16.7. The van der Waals surface area contributed by atoms with Gasteiger partial charge >= 0.3 is 8.64 Å². The van der Waals surface area contributed by atoms with Gasteiger partial charge in [-0.25, -0.2) is 0 Å². The van der Waals surface area contributed by atoms with Crippen LogP contribution < -0.4 is 9.96 Å². The second-order valence-corrected chi connectivity index (χ2v) is 9.09. The van der Waals surface area contributed by atoms with Gasteiger partial charge in [0.1, 0.15) is 0 Å². The fourth-order valence-corrected chi connectivity index (χ4v) is 4.56. The lowest BCUT2D eigenvalue weighted by Gasteiger charge is -2.29. The van der Waals surface area contributed by atoms with Crippen molar-refractivity contribution in [3.8, 4) is 0 Å². The van der Waals surface area contributed by atoms with Crippen molar-refractivity contribution in [2.24, 2.45) is 0 Å². The largest absolute Gasteiger partial charge is 0.392 e. The van der Waals surface area contributed by atoms with Crippen molar-refractivity contribution in [3.63, 3.8) is 0 Å². The summed E-state index contributed by atoms with van der Waals surface area (Å²) in [7, 11) is -2.16. The Labute approximate surface area is 141 Å². The van der Waals surface area contributed by atoms with Crippen LogP contribution in [0.3, 0.4) is 0 Å². The highest BCUT2D eigenvalue weighted by Gasteiger charge is 2.29. The third-order valence-corrected chi connectivity index (χ3v) is 6.76. The predicted octanol–water partition coefficient (Wildman–Crippen LogP) is 3.79. The molecule has 0 aromatic heterocycles. The summed E-state index contributed by atoms with van der Waals surface area (Å²) < 4.78 is 6.07. The molecule has 23 heavy (non-hydrogen) atoms. The Balaban J connectivity index is 2.00. The molecule has 2 aromatic carbocycles. The average molecular weight is 329 g/mol. The summed E-state index contributed by atoms with van der Waals surface area (Å²) in [4.78, 5) is 7.30. The number of hydrogen-bond acceptors (Lipinski definition) is 3. The smallest absolute Gasteiger partial charge is 0.349 e. The molecule has 2 rings (SSSR count). The Kier molecular flexibility index (Phi) is 6.54. The molecule has 0 unspecified atom stereocenters. The van der Waals surface area contributed by atoms with E-state index in [-0.39, 0.29) is 0 Å². The van der Waals surface area contributed by atoms with Gasteiger partial charge in [0.25, 0.3) is 0 Å². The highest BCUT2D eigenvalue weighted by Crippen LogP contribution is 2.10. The van der Waals surface area contributed by atoms with Crippen LogP contribution in [0.1, 0.15) is 29.2 Å². The molecular weight excluding hydrogens is 300 g/mol. The fourth-order valence-electron chi connectivity index (χ4n) is 2.60. The van der Waals surface area contributed by atoms with Gasteiger partial charge in [-0.1, -0.05) is 48.5 Å². The van der Waals surface area contributed by atoms with E-state index in [0.717, 1.165) is 13.1 Å². The first kappa shape index (κ1) is 17.9. The van der Waals surface area contributed by atoms with Crippen LogP contribution >= 0.6 is 0 Å². The second-order valence-electron chi connectivity index (χ2n) is 6.03. The van der Waals surface area contributed by atoms with Gasteiger partial charge in [0.2, 0.25) is 0 Å². The molecule has 0 saturated heterocycles. The van der Waals surface area contributed by atoms with Crippen molar-refractivity contribution in [2.75, 3.05) is 6.61 Å². The SMILES string of the molecule is CCO[Si](C)(NCc1ccccc1C)NCc1ccccc1C. The zero-order valence-electron chi connectivity index (χ0n) is 14.6. The Hall–Kier alpha value is -1.46. The molecular formula is C19H28N2OSi. The summed E-state index contributed by atoms with van der Waals surface area (Å²) in [6, 6.07) is 17.0. The summed E-state index contributed by atoms with van der Waals surface area (Å²) in [6.45, 7) is 10.9. The van der Waals surface area contributed by atoms with Crippen molar-refractivity contribution in [1.29, 1.82) is 0 Å². The molecule has 0 spiro atoms. The number of rotatable bonds is 8. The first-order valence-electron chi connectivity index (χ1n) is 8.27. The number of hydrogen-bond donors (Lipinski definition) is 2. The molecule has 0 heterocycles. The predicted molar refractivity (Wildman–Crippen MR) is 99.3 cm³/mol. The minimum absolute atomic E-state index is 0.713. The molecule has 0 aliphatic heterocycles. The van der Waals surface area contributed by atoms with Crippen LogP contribution in [-0.4, -0.2) is 15.2 Å². The van der Waals surface area contributed by atoms with Gasteiger partial charge in [-0.15, -0.1) is 0 Å². The van der Waals surface area contributed by atoms with E-state index >= 15 is 0 Å².